The fourth-order valence-electron chi connectivity index (χ4n) is 1.73. The lowest BCUT2D eigenvalue weighted by molar-refractivity contribution is 0.0950. The lowest BCUT2D eigenvalue weighted by Crippen LogP contribution is -2.23. The summed E-state index contributed by atoms with van der Waals surface area (Å²) in [4.78, 5) is 14.9. The Morgan fingerprint density at radius 1 is 1.59 bits per heavy atom. The van der Waals surface area contributed by atoms with Crippen LogP contribution in [0.4, 0.5) is 0 Å². The number of carbonyl (C=O) groups is 1. The zero-order valence-corrected chi connectivity index (χ0v) is 10.0. The fraction of sp³-hybridized carbons (Fsp3) is 0.333. The Morgan fingerprint density at radius 2 is 2.41 bits per heavy atom. The number of hydrogen-bond donors (Lipinski definition) is 2. The van der Waals surface area contributed by atoms with E-state index in [4.69, 9.17) is 0 Å². The van der Waals surface area contributed by atoms with Crippen molar-refractivity contribution in [3.05, 3.63) is 41.5 Å². The van der Waals surface area contributed by atoms with Crippen molar-refractivity contribution >= 4 is 5.91 Å². The van der Waals surface area contributed by atoms with Crippen LogP contribution in [0.5, 0.6) is 0 Å². The summed E-state index contributed by atoms with van der Waals surface area (Å²) >= 11 is 0. The van der Waals surface area contributed by atoms with E-state index in [9.17, 15) is 4.79 Å². The van der Waals surface area contributed by atoms with Crippen LogP contribution in [0.1, 0.15) is 28.5 Å². The second-order valence-corrected chi connectivity index (χ2v) is 3.92. The minimum atomic E-state index is -0.0730. The van der Waals surface area contributed by atoms with Gasteiger partial charge in [0.1, 0.15) is 0 Å². The van der Waals surface area contributed by atoms with Gasteiger partial charge >= 0.3 is 0 Å². The van der Waals surface area contributed by atoms with Gasteiger partial charge in [-0.25, -0.2) is 0 Å². The lowest BCUT2D eigenvalue weighted by atomic mass is 10.2. The van der Waals surface area contributed by atoms with E-state index in [0.717, 1.165) is 17.7 Å². The van der Waals surface area contributed by atoms with Gasteiger partial charge in [0.2, 0.25) is 0 Å². The van der Waals surface area contributed by atoms with E-state index in [1.54, 1.807) is 10.9 Å². The first-order chi connectivity index (χ1) is 8.20. The fourth-order valence-corrected chi connectivity index (χ4v) is 1.73. The first kappa shape index (κ1) is 11.4. The van der Waals surface area contributed by atoms with Crippen LogP contribution in [0.15, 0.2) is 24.7 Å². The third kappa shape index (κ3) is 2.55. The van der Waals surface area contributed by atoms with Crippen molar-refractivity contribution in [3.8, 4) is 0 Å². The molecule has 90 valence electrons. The highest BCUT2D eigenvalue weighted by Gasteiger charge is 2.13. The van der Waals surface area contributed by atoms with Gasteiger partial charge in [0.25, 0.3) is 5.91 Å². The molecule has 2 aromatic rings. The molecule has 2 N–H and O–H groups in total. The van der Waals surface area contributed by atoms with Gasteiger partial charge < -0.3 is 10.3 Å². The van der Waals surface area contributed by atoms with Crippen molar-refractivity contribution in [3.63, 3.8) is 0 Å². The first-order valence-electron chi connectivity index (χ1n) is 5.63. The summed E-state index contributed by atoms with van der Waals surface area (Å²) in [5, 5.41) is 7.12. The van der Waals surface area contributed by atoms with Crippen molar-refractivity contribution in [2.24, 2.45) is 7.05 Å². The Hall–Kier alpha value is -2.04. The van der Waals surface area contributed by atoms with Crippen molar-refractivity contribution in [2.45, 2.75) is 19.9 Å². The smallest absolute Gasteiger partial charge is 0.255 e. The van der Waals surface area contributed by atoms with Gasteiger partial charge in [-0.05, 0) is 18.1 Å². The summed E-state index contributed by atoms with van der Waals surface area (Å²) in [7, 11) is 1.82. The van der Waals surface area contributed by atoms with E-state index in [1.165, 1.54) is 0 Å². The van der Waals surface area contributed by atoms with Crippen LogP contribution < -0.4 is 5.32 Å². The van der Waals surface area contributed by atoms with Crippen molar-refractivity contribution in [1.82, 2.24) is 20.1 Å². The van der Waals surface area contributed by atoms with Crippen LogP contribution in [0.2, 0.25) is 0 Å². The lowest BCUT2D eigenvalue weighted by Gasteiger charge is -2.02. The Morgan fingerprint density at radius 3 is 3.06 bits per heavy atom. The average molecular weight is 232 g/mol. The van der Waals surface area contributed by atoms with Crippen molar-refractivity contribution in [2.75, 3.05) is 0 Å². The second-order valence-electron chi connectivity index (χ2n) is 3.92. The van der Waals surface area contributed by atoms with Crippen LogP contribution in [0.3, 0.4) is 0 Å². The van der Waals surface area contributed by atoms with E-state index in [2.05, 4.69) is 15.4 Å². The maximum absolute atomic E-state index is 12.0. The highest BCUT2D eigenvalue weighted by Crippen LogP contribution is 2.07. The molecule has 0 bridgehead atoms. The van der Waals surface area contributed by atoms with Gasteiger partial charge in [-0.15, -0.1) is 0 Å². The van der Waals surface area contributed by atoms with Crippen LogP contribution in [0.25, 0.3) is 0 Å². The molecule has 0 aliphatic heterocycles. The maximum Gasteiger partial charge on any atom is 0.255 e. The Labute approximate surface area is 99.8 Å². The minimum absolute atomic E-state index is 0.0730. The predicted molar refractivity (Wildman–Crippen MR) is 64.5 cm³/mol. The van der Waals surface area contributed by atoms with Gasteiger partial charge in [0, 0.05) is 32.2 Å². The molecular formula is C12H16N4O. The number of amides is 1. The molecule has 0 aliphatic carbocycles. The van der Waals surface area contributed by atoms with E-state index >= 15 is 0 Å². The summed E-state index contributed by atoms with van der Waals surface area (Å²) < 4.78 is 1.67. The molecule has 0 spiro atoms. The number of hydrogen-bond acceptors (Lipinski definition) is 2. The zero-order valence-electron chi connectivity index (χ0n) is 10.0. The summed E-state index contributed by atoms with van der Waals surface area (Å²) in [6, 6.07) is 1.93. The predicted octanol–water partition coefficient (Wildman–Crippen LogP) is 1.24. The van der Waals surface area contributed by atoms with Crippen LogP contribution in [-0.4, -0.2) is 20.7 Å². The summed E-state index contributed by atoms with van der Waals surface area (Å²) in [5.74, 6) is -0.0730. The maximum atomic E-state index is 12.0. The molecule has 0 radical (unpaired) electrons. The molecule has 1 amide bonds. The van der Waals surface area contributed by atoms with E-state index in [0.29, 0.717) is 12.1 Å². The average Bonchev–Trinajstić information content (AvgIpc) is 2.94. The number of aromatic nitrogens is 3. The molecule has 5 nitrogen and oxygen atoms in total. The Kier molecular flexibility index (Phi) is 3.27. The number of H-pyrrole nitrogens is 1. The van der Waals surface area contributed by atoms with Gasteiger partial charge in [0.15, 0.2) is 0 Å². The standard InChI is InChI=1S/C12H16N4O/c1-3-11-10(8-16(2)15-11)12(17)14-7-9-4-5-13-6-9/h4-6,8,13H,3,7H2,1-2H3,(H,14,17). The summed E-state index contributed by atoms with van der Waals surface area (Å²) in [5.41, 5.74) is 2.55. The zero-order chi connectivity index (χ0) is 12.3. The van der Waals surface area contributed by atoms with Gasteiger partial charge in [-0.2, -0.15) is 5.10 Å². The van der Waals surface area contributed by atoms with E-state index in [-0.39, 0.29) is 5.91 Å². The number of rotatable bonds is 4. The molecule has 2 heterocycles. The van der Waals surface area contributed by atoms with Crippen LogP contribution in [-0.2, 0) is 20.0 Å². The molecule has 0 atom stereocenters. The molecule has 0 aliphatic rings. The third-order valence-electron chi connectivity index (χ3n) is 2.60. The molecule has 0 fully saturated rings. The van der Waals surface area contributed by atoms with Gasteiger partial charge in [-0.3, -0.25) is 9.48 Å². The normalized spacial score (nSPS) is 10.5. The molecule has 17 heavy (non-hydrogen) atoms. The first-order valence-corrected chi connectivity index (χ1v) is 5.63. The molecular weight excluding hydrogens is 216 g/mol. The molecule has 5 heteroatoms. The minimum Gasteiger partial charge on any atom is -0.367 e. The quantitative estimate of drug-likeness (QED) is 0.833. The highest BCUT2D eigenvalue weighted by molar-refractivity contribution is 5.95. The summed E-state index contributed by atoms with van der Waals surface area (Å²) in [6.07, 6.45) is 6.21. The second kappa shape index (κ2) is 4.86. The number of aryl methyl sites for hydroxylation is 2. The number of carbonyl (C=O) groups excluding carboxylic acids is 1. The molecule has 2 rings (SSSR count). The third-order valence-corrected chi connectivity index (χ3v) is 2.60. The van der Waals surface area contributed by atoms with Gasteiger partial charge in [-0.1, -0.05) is 6.92 Å². The monoisotopic (exact) mass is 232 g/mol. The van der Waals surface area contributed by atoms with Crippen LogP contribution >= 0.6 is 0 Å². The topological polar surface area (TPSA) is 62.7 Å². The molecule has 0 saturated heterocycles. The Bertz CT molecular complexity index is 499. The number of aromatic amines is 1. The molecule has 0 saturated carbocycles. The number of nitrogens with one attached hydrogen (secondary N) is 2. The molecule has 0 aromatic carbocycles. The largest absolute Gasteiger partial charge is 0.367 e. The van der Waals surface area contributed by atoms with E-state index in [1.807, 2.05) is 32.4 Å². The summed E-state index contributed by atoms with van der Waals surface area (Å²) in [6.45, 7) is 2.52. The highest BCUT2D eigenvalue weighted by atomic mass is 16.1. The SMILES string of the molecule is CCc1nn(C)cc1C(=O)NCc1cc[nH]c1. The Balaban J connectivity index is 2.04. The van der Waals surface area contributed by atoms with E-state index < -0.39 is 0 Å². The molecule has 2 aromatic heterocycles. The van der Waals surface area contributed by atoms with Crippen LogP contribution in [0, 0.1) is 0 Å². The van der Waals surface area contributed by atoms with Crippen molar-refractivity contribution < 1.29 is 4.79 Å². The molecule has 0 unspecified atom stereocenters. The van der Waals surface area contributed by atoms with Gasteiger partial charge in [0.05, 0.1) is 11.3 Å². The number of nitrogens with zero attached hydrogens (tertiary/aromatic N) is 2. The van der Waals surface area contributed by atoms with Crippen molar-refractivity contribution in [1.29, 1.82) is 0 Å².